The van der Waals surface area contributed by atoms with Gasteiger partial charge in [0.15, 0.2) is 0 Å². The minimum Gasteiger partial charge on any atom is -0.466 e. The minimum atomic E-state index is -1.18. The molecule has 9 heteroatoms. The summed E-state index contributed by atoms with van der Waals surface area (Å²) in [6, 6.07) is -1.73. The molecule has 0 unspecified atom stereocenters. The molecule has 0 aromatic heterocycles. The number of ether oxygens (including phenoxy) is 2. The number of hydrogen-bond acceptors (Lipinski definition) is 6. The number of azide groups is 1. The number of aliphatic hydroxyl groups is 1. The van der Waals surface area contributed by atoms with Gasteiger partial charge in [-0.15, -0.1) is 0 Å². The van der Waals surface area contributed by atoms with E-state index >= 15 is 0 Å². The molecule has 4 atom stereocenters. The quantitative estimate of drug-likeness (QED) is 0.351. The largest absolute Gasteiger partial charge is 0.466 e. The van der Waals surface area contributed by atoms with E-state index in [2.05, 4.69) is 15.3 Å². The maximum atomic E-state index is 11.9. The van der Waals surface area contributed by atoms with Gasteiger partial charge in [-0.1, -0.05) is 5.11 Å². The highest BCUT2D eigenvalue weighted by Gasteiger charge is 2.47. The molecule has 22 heavy (non-hydrogen) atoms. The summed E-state index contributed by atoms with van der Waals surface area (Å²) < 4.78 is 10.0. The molecule has 0 saturated heterocycles. The van der Waals surface area contributed by atoms with Crippen molar-refractivity contribution in [3.63, 3.8) is 0 Å². The van der Waals surface area contributed by atoms with Gasteiger partial charge >= 0.3 is 12.1 Å². The van der Waals surface area contributed by atoms with E-state index in [-0.39, 0.29) is 13.0 Å². The first kappa shape index (κ1) is 18.1. The molecule has 0 aromatic carbocycles. The van der Waals surface area contributed by atoms with E-state index in [4.69, 9.17) is 15.0 Å². The fourth-order valence-electron chi connectivity index (χ4n) is 2.33. The Morgan fingerprint density at radius 2 is 2.09 bits per heavy atom. The van der Waals surface area contributed by atoms with Gasteiger partial charge in [-0.05, 0) is 39.6 Å². The highest BCUT2D eigenvalue weighted by Crippen LogP contribution is 2.31. The molecule has 0 bridgehead atoms. The van der Waals surface area contributed by atoms with Crippen LogP contribution in [0, 0.1) is 5.92 Å². The van der Waals surface area contributed by atoms with Crippen LogP contribution in [-0.2, 0) is 14.3 Å². The summed E-state index contributed by atoms with van der Waals surface area (Å²) in [4.78, 5) is 26.3. The van der Waals surface area contributed by atoms with Crippen molar-refractivity contribution < 1.29 is 24.2 Å². The average molecular weight is 314 g/mol. The van der Waals surface area contributed by atoms with E-state index < -0.39 is 41.8 Å². The molecule has 1 saturated carbocycles. The lowest BCUT2D eigenvalue weighted by Crippen LogP contribution is -2.44. The fraction of sp³-hybridized carbons (Fsp3) is 0.846. The van der Waals surface area contributed by atoms with Gasteiger partial charge < -0.3 is 19.9 Å². The Labute approximate surface area is 128 Å². The van der Waals surface area contributed by atoms with Crippen LogP contribution in [0.25, 0.3) is 10.4 Å². The van der Waals surface area contributed by atoms with Crippen LogP contribution in [0.5, 0.6) is 0 Å². The Morgan fingerprint density at radius 3 is 2.59 bits per heavy atom. The van der Waals surface area contributed by atoms with E-state index in [1.807, 2.05) is 0 Å². The Bertz CT molecular complexity index is 470. The van der Waals surface area contributed by atoms with Crippen molar-refractivity contribution in [2.75, 3.05) is 6.61 Å². The molecule has 1 aliphatic carbocycles. The highest BCUT2D eigenvalue weighted by molar-refractivity contribution is 5.75. The molecule has 0 aromatic rings. The highest BCUT2D eigenvalue weighted by atomic mass is 16.6. The number of nitrogens with zero attached hydrogens (tertiary/aromatic N) is 3. The fourth-order valence-corrected chi connectivity index (χ4v) is 2.33. The van der Waals surface area contributed by atoms with Crippen molar-refractivity contribution in [2.45, 2.75) is 57.9 Å². The molecule has 2 N–H and O–H groups in total. The van der Waals surface area contributed by atoms with Gasteiger partial charge in [0.1, 0.15) is 5.60 Å². The smallest absolute Gasteiger partial charge is 0.407 e. The third kappa shape index (κ3) is 4.78. The summed E-state index contributed by atoms with van der Waals surface area (Å²) in [5.74, 6) is -1.36. The topological polar surface area (TPSA) is 134 Å². The third-order valence-electron chi connectivity index (χ3n) is 3.16. The van der Waals surface area contributed by atoms with E-state index in [9.17, 15) is 14.7 Å². The summed E-state index contributed by atoms with van der Waals surface area (Å²) in [7, 11) is 0. The summed E-state index contributed by atoms with van der Waals surface area (Å²) in [5, 5.41) is 16.1. The number of alkyl carbamates (subject to hydrolysis) is 1. The van der Waals surface area contributed by atoms with Crippen LogP contribution >= 0.6 is 0 Å². The monoisotopic (exact) mass is 314 g/mol. The molecule has 0 heterocycles. The third-order valence-corrected chi connectivity index (χ3v) is 3.16. The molecule has 1 fully saturated rings. The maximum absolute atomic E-state index is 11.9. The lowest BCUT2D eigenvalue weighted by atomic mass is 10.0. The molecule has 0 aliphatic heterocycles. The number of carbonyl (C=O) groups is 2. The number of carbonyl (C=O) groups excluding carboxylic acids is 2. The summed E-state index contributed by atoms with van der Waals surface area (Å²) in [5.41, 5.74) is 7.90. The number of nitrogens with one attached hydrogen (secondary N) is 1. The zero-order valence-corrected chi connectivity index (χ0v) is 13.1. The lowest BCUT2D eigenvalue weighted by molar-refractivity contribution is -0.148. The maximum Gasteiger partial charge on any atom is 0.407 e. The molecule has 0 radical (unpaired) electrons. The van der Waals surface area contributed by atoms with Gasteiger partial charge in [-0.25, -0.2) is 4.79 Å². The number of rotatable bonds is 4. The van der Waals surface area contributed by atoms with Crippen molar-refractivity contribution >= 4 is 12.1 Å². The predicted molar refractivity (Wildman–Crippen MR) is 76.8 cm³/mol. The first-order chi connectivity index (χ1) is 10.2. The second-order valence-electron chi connectivity index (χ2n) is 6.03. The van der Waals surface area contributed by atoms with Crippen molar-refractivity contribution in [2.24, 2.45) is 11.0 Å². The number of aliphatic hydroxyl groups excluding tert-OH is 1. The first-order valence-electron chi connectivity index (χ1n) is 7.08. The number of amides is 1. The van der Waals surface area contributed by atoms with Crippen molar-refractivity contribution in [3.8, 4) is 0 Å². The molecule has 1 aliphatic rings. The molecule has 9 nitrogen and oxygen atoms in total. The summed E-state index contributed by atoms with van der Waals surface area (Å²) in [6.45, 7) is 6.96. The zero-order chi connectivity index (χ0) is 16.9. The lowest BCUT2D eigenvalue weighted by Gasteiger charge is -2.23. The Hall–Kier alpha value is -1.99. The predicted octanol–water partition coefficient (Wildman–Crippen LogP) is 1.50. The second kappa shape index (κ2) is 7.33. The van der Waals surface area contributed by atoms with E-state index in [1.54, 1.807) is 27.7 Å². The summed E-state index contributed by atoms with van der Waals surface area (Å²) in [6.07, 6.45) is -1.78. The minimum absolute atomic E-state index is 0.114. The molecule has 1 amide bonds. The molecule has 1 rings (SSSR count). The van der Waals surface area contributed by atoms with Crippen LogP contribution in [0.4, 0.5) is 4.79 Å². The van der Waals surface area contributed by atoms with Crippen molar-refractivity contribution in [3.05, 3.63) is 10.4 Å². The molecular formula is C13H22N4O5. The Morgan fingerprint density at radius 1 is 1.45 bits per heavy atom. The van der Waals surface area contributed by atoms with Gasteiger partial charge in [-0.3, -0.25) is 4.79 Å². The van der Waals surface area contributed by atoms with Crippen LogP contribution in [0.1, 0.15) is 34.1 Å². The van der Waals surface area contributed by atoms with Crippen LogP contribution in [0.15, 0.2) is 5.11 Å². The zero-order valence-electron chi connectivity index (χ0n) is 13.1. The van der Waals surface area contributed by atoms with Gasteiger partial charge in [0, 0.05) is 4.91 Å². The molecule has 0 spiro atoms. The van der Waals surface area contributed by atoms with Crippen LogP contribution in [-0.4, -0.2) is 47.6 Å². The Balaban J connectivity index is 2.79. The van der Waals surface area contributed by atoms with Crippen LogP contribution < -0.4 is 5.32 Å². The number of esters is 1. The van der Waals surface area contributed by atoms with Crippen molar-refractivity contribution in [1.82, 2.24) is 5.32 Å². The average Bonchev–Trinajstić information content (AvgIpc) is 2.66. The Kier molecular flexibility index (Phi) is 6.01. The normalized spacial score (nSPS) is 27.7. The van der Waals surface area contributed by atoms with Gasteiger partial charge in [0.25, 0.3) is 0 Å². The SMILES string of the molecule is CCOC(=O)[C@H]1C[C@@H](NC(=O)OC(C)(C)C)[C@@H](O)[C@@H]1N=[N+]=[N-]. The van der Waals surface area contributed by atoms with Gasteiger partial charge in [0.2, 0.25) is 0 Å². The second-order valence-corrected chi connectivity index (χ2v) is 6.03. The van der Waals surface area contributed by atoms with E-state index in [0.29, 0.717) is 0 Å². The molecular weight excluding hydrogens is 292 g/mol. The molecule has 124 valence electrons. The van der Waals surface area contributed by atoms with Gasteiger partial charge in [0.05, 0.1) is 30.7 Å². The van der Waals surface area contributed by atoms with Crippen molar-refractivity contribution in [1.29, 1.82) is 0 Å². The van der Waals surface area contributed by atoms with E-state index in [0.717, 1.165) is 0 Å². The first-order valence-corrected chi connectivity index (χ1v) is 7.08. The van der Waals surface area contributed by atoms with E-state index in [1.165, 1.54) is 0 Å². The summed E-state index contributed by atoms with van der Waals surface area (Å²) >= 11 is 0. The number of hydrogen-bond donors (Lipinski definition) is 2. The standard InChI is InChI=1S/C13H22N4O5/c1-5-21-11(19)7-6-8(10(18)9(7)16-17-14)15-12(20)22-13(2,3)4/h7-10,18H,5-6H2,1-4H3,(H,15,20)/t7-,8+,9+,10+/m0/s1. The van der Waals surface area contributed by atoms with Gasteiger partial charge in [-0.2, -0.15) is 0 Å². The van der Waals surface area contributed by atoms with Crippen LogP contribution in [0.2, 0.25) is 0 Å². The van der Waals surface area contributed by atoms with Crippen LogP contribution in [0.3, 0.4) is 0 Å².